The van der Waals surface area contributed by atoms with E-state index in [9.17, 15) is 19.8 Å². The number of hydrogen-bond donors (Lipinski definition) is 3. The highest BCUT2D eigenvalue weighted by Gasteiger charge is 2.18. The van der Waals surface area contributed by atoms with Gasteiger partial charge in [-0.1, -0.05) is 314 Å². The van der Waals surface area contributed by atoms with Crippen LogP contribution < -0.4 is 5.32 Å². The van der Waals surface area contributed by atoms with Gasteiger partial charge in [0.05, 0.1) is 25.4 Å². The van der Waals surface area contributed by atoms with Crippen LogP contribution in [0.3, 0.4) is 0 Å². The van der Waals surface area contributed by atoms with E-state index in [4.69, 9.17) is 4.74 Å². The number of carbonyl (C=O) groups excluding carboxylic acids is 2. The molecule has 0 aromatic carbocycles. The number of amides is 1. The number of unbranched alkanes of at least 4 members (excludes halogenated alkanes) is 48. The summed E-state index contributed by atoms with van der Waals surface area (Å²) in [7, 11) is 0. The molecular weight excluding hydrogens is 887 g/mol. The van der Waals surface area contributed by atoms with Gasteiger partial charge in [0.25, 0.3) is 0 Å². The van der Waals surface area contributed by atoms with Crippen LogP contribution in [0.1, 0.15) is 361 Å². The first kappa shape index (κ1) is 70.3. The van der Waals surface area contributed by atoms with E-state index in [0.29, 0.717) is 19.4 Å². The first-order valence-corrected chi connectivity index (χ1v) is 32.6. The van der Waals surface area contributed by atoms with Crippen molar-refractivity contribution in [2.24, 2.45) is 0 Å². The lowest BCUT2D eigenvalue weighted by atomic mass is 10.0. The molecule has 426 valence electrons. The van der Waals surface area contributed by atoms with Gasteiger partial charge in [-0.15, -0.1) is 0 Å². The van der Waals surface area contributed by atoms with Crippen molar-refractivity contribution < 1.29 is 24.5 Å². The number of allylic oxidation sites excluding steroid dienone is 3. The van der Waals surface area contributed by atoms with E-state index in [1.165, 1.54) is 295 Å². The SMILES string of the molecule is CCCCCCCCCCCCCCCC/C=C/C(O)C(CO)NC(=O)CCCCCCCCCCCC/C=C\CCCCCCCCCCCCCCOC(=O)CCCCCCCCCCCCCCC. The fourth-order valence-corrected chi connectivity index (χ4v) is 10.2. The Balaban J connectivity index is 3.40. The van der Waals surface area contributed by atoms with Gasteiger partial charge in [0.15, 0.2) is 0 Å². The van der Waals surface area contributed by atoms with Gasteiger partial charge in [-0.3, -0.25) is 9.59 Å². The second-order valence-electron chi connectivity index (χ2n) is 22.5. The van der Waals surface area contributed by atoms with Crippen molar-refractivity contribution in [2.75, 3.05) is 13.2 Å². The highest BCUT2D eigenvalue weighted by molar-refractivity contribution is 5.76. The maximum absolute atomic E-state index is 12.5. The summed E-state index contributed by atoms with van der Waals surface area (Å²) in [6.07, 6.45) is 76.6. The summed E-state index contributed by atoms with van der Waals surface area (Å²) < 4.78 is 5.48. The molecule has 0 aliphatic carbocycles. The summed E-state index contributed by atoms with van der Waals surface area (Å²) in [5, 5.41) is 23.2. The zero-order valence-corrected chi connectivity index (χ0v) is 48.7. The fraction of sp³-hybridized carbons (Fsp3) is 0.909. The Morgan fingerprint density at radius 2 is 0.653 bits per heavy atom. The average Bonchev–Trinajstić information content (AvgIpc) is 3.38. The van der Waals surface area contributed by atoms with E-state index in [1.54, 1.807) is 6.08 Å². The summed E-state index contributed by atoms with van der Waals surface area (Å²) in [5.41, 5.74) is 0. The minimum atomic E-state index is -0.845. The van der Waals surface area contributed by atoms with Crippen molar-refractivity contribution in [3.8, 4) is 0 Å². The molecule has 72 heavy (non-hydrogen) atoms. The Morgan fingerprint density at radius 3 is 0.986 bits per heavy atom. The topological polar surface area (TPSA) is 95.9 Å². The van der Waals surface area contributed by atoms with E-state index in [-0.39, 0.29) is 18.5 Å². The largest absolute Gasteiger partial charge is 0.466 e. The average molecular weight is 1010 g/mol. The molecule has 1 amide bonds. The molecular formula is C66H127NO5. The van der Waals surface area contributed by atoms with Crippen LogP contribution >= 0.6 is 0 Å². The Hall–Kier alpha value is -1.66. The van der Waals surface area contributed by atoms with Gasteiger partial charge in [-0.25, -0.2) is 0 Å². The number of esters is 1. The van der Waals surface area contributed by atoms with Gasteiger partial charge in [0, 0.05) is 12.8 Å². The maximum atomic E-state index is 12.5. The lowest BCUT2D eigenvalue weighted by molar-refractivity contribution is -0.143. The van der Waals surface area contributed by atoms with Crippen molar-refractivity contribution in [2.45, 2.75) is 373 Å². The molecule has 0 saturated heterocycles. The summed E-state index contributed by atoms with van der Waals surface area (Å²) in [5.74, 6) is -0.0517. The minimum Gasteiger partial charge on any atom is -0.466 e. The van der Waals surface area contributed by atoms with Gasteiger partial charge in [0.1, 0.15) is 0 Å². The monoisotopic (exact) mass is 1010 g/mol. The maximum Gasteiger partial charge on any atom is 0.305 e. The number of aliphatic hydroxyl groups excluding tert-OH is 2. The number of nitrogens with one attached hydrogen (secondary N) is 1. The van der Waals surface area contributed by atoms with Crippen molar-refractivity contribution in [1.29, 1.82) is 0 Å². The molecule has 0 bridgehead atoms. The predicted octanol–water partition coefficient (Wildman–Crippen LogP) is 20.6. The van der Waals surface area contributed by atoms with Crippen LogP contribution in [0.25, 0.3) is 0 Å². The lowest BCUT2D eigenvalue weighted by Crippen LogP contribution is -2.45. The van der Waals surface area contributed by atoms with E-state index in [1.807, 2.05) is 6.08 Å². The summed E-state index contributed by atoms with van der Waals surface area (Å²) >= 11 is 0. The second kappa shape index (κ2) is 61.9. The number of hydrogen-bond acceptors (Lipinski definition) is 5. The molecule has 6 nitrogen and oxygen atoms in total. The van der Waals surface area contributed by atoms with E-state index >= 15 is 0 Å². The van der Waals surface area contributed by atoms with E-state index in [2.05, 4.69) is 31.3 Å². The van der Waals surface area contributed by atoms with Gasteiger partial charge in [-0.2, -0.15) is 0 Å². The quantitative estimate of drug-likeness (QED) is 0.0320. The molecule has 0 radical (unpaired) electrons. The van der Waals surface area contributed by atoms with Crippen molar-refractivity contribution >= 4 is 11.9 Å². The van der Waals surface area contributed by atoms with Crippen LogP contribution in [0.15, 0.2) is 24.3 Å². The first-order chi connectivity index (χ1) is 35.5. The Labute approximate surface area is 450 Å². The van der Waals surface area contributed by atoms with Crippen molar-refractivity contribution in [3.05, 3.63) is 24.3 Å². The molecule has 0 aliphatic rings. The molecule has 0 fully saturated rings. The first-order valence-electron chi connectivity index (χ1n) is 32.6. The second-order valence-corrected chi connectivity index (χ2v) is 22.5. The van der Waals surface area contributed by atoms with Crippen LogP contribution in [-0.2, 0) is 14.3 Å². The van der Waals surface area contributed by atoms with Gasteiger partial charge >= 0.3 is 5.97 Å². The third-order valence-corrected chi connectivity index (χ3v) is 15.2. The molecule has 2 unspecified atom stereocenters. The molecule has 0 heterocycles. The number of ether oxygens (including phenoxy) is 1. The molecule has 0 spiro atoms. The molecule has 0 saturated carbocycles. The van der Waals surface area contributed by atoms with Crippen LogP contribution in [0.2, 0.25) is 0 Å². The number of carbonyl (C=O) groups is 2. The van der Waals surface area contributed by atoms with Crippen LogP contribution in [0.4, 0.5) is 0 Å². The van der Waals surface area contributed by atoms with Crippen molar-refractivity contribution in [1.82, 2.24) is 5.32 Å². The Morgan fingerprint density at radius 1 is 0.375 bits per heavy atom. The molecule has 2 atom stereocenters. The van der Waals surface area contributed by atoms with Crippen molar-refractivity contribution in [3.63, 3.8) is 0 Å². The Kier molecular flexibility index (Phi) is 60.5. The van der Waals surface area contributed by atoms with E-state index in [0.717, 1.165) is 38.5 Å². The summed E-state index contributed by atoms with van der Waals surface area (Å²) in [6, 6.07) is -0.629. The zero-order valence-electron chi connectivity index (χ0n) is 48.7. The van der Waals surface area contributed by atoms with Gasteiger partial charge in [-0.05, 0) is 57.8 Å². The molecule has 0 aromatic heterocycles. The summed E-state index contributed by atoms with van der Waals surface area (Å²) in [4.78, 5) is 24.5. The molecule has 0 aliphatic heterocycles. The lowest BCUT2D eigenvalue weighted by Gasteiger charge is -2.20. The smallest absolute Gasteiger partial charge is 0.305 e. The molecule has 0 rings (SSSR count). The Bertz CT molecular complexity index is 1120. The molecule has 6 heteroatoms. The predicted molar refractivity (Wildman–Crippen MR) is 315 cm³/mol. The van der Waals surface area contributed by atoms with Gasteiger partial charge in [0.2, 0.25) is 5.91 Å². The fourth-order valence-electron chi connectivity index (χ4n) is 10.2. The standard InChI is InChI=1S/C66H127NO5/c1-3-5-7-9-11-13-15-17-18-31-35-38-42-46-50-54-58-64(69)63(62-68)67-65(70)59-55-51-47-43-39-36-32-29-27-25-23-21-19-20-22-24-26-28-30-33-37-41-45-49-53-57-61-72-66(71)60-56-52-48-44-40-34-16-14-12-10-8-6-4-2/h19,21,54,58,63-64,68-69H,3-18,20,22-53,55-57,59-62H2,1-2H3,(H,67,70)/b21-19-,58-54+. The third kappa shape index (κ3) is 57.6. The highest BCUT2D eigenvalue weighted by Crippen LogP contribution is 2.18. The van der Waals surface area contributed by atoms with Crippen LogP contribution in [0, 0.1) is 0 Å². The highest BCUT2D eigenvalue weighted by atomic mass is 16.5. The zero-order chi connectivity index (χ0) is 52.2. The molecule has 0 aromatic rings. The van der Waals surface area contributed by atoms with Crippen LogP contribution in [-0.4, -0.2) is 47.4 Å². The number of rotatable bonds is 61. The van der Waals surface area contributed by atoms with E-state index < -0.39 is 12.1 Å². The minimum absolute atomic E-state index is 0.0158. The number of aliphatic hydroxyl groups is 2. The normalized spacial score (nSPS) is 12.7. The third-order valence-electron chi connectivity index (χ3n) is 15.2. The molecule has 3 N–H and O–H groups in total. The van der Waals surface area contributed by atoms with Gasteiger partial charge < -0.3 is 20.3 Å². The summed E-state index contributed by atoms with van der Waals surface area (Å²) in [6.45, 7) is 4.93. The van der Waals surface area contributed by atoms with Crippen LogP contribution in [0.5, 0.6) is 0 Å².